The van der Waals surface area contributed by atoms with Crippen LogP contribution in [0.4, 0.5) is 11.5 Å². The molecule has 2 heterocycles. The Bertz CT molecular complexity index is 886. The van der Waals surface area contributed by atoms with Gasteiger partial charge in [0.2, 0.25) is 0 Å². The van der Waals surface area contributed by atoms with Gasteiger partial charge in [0.15, 0.2) is 0 Å². The van der Waals surface area contributed by atoms with E-state index in [4.69, 9.17) is 0 Å². The Labute approximate surface area is 153 Å². The van der Waals surface area contributed by atoms with E-state index in [9.17, 15) is 4.79 Å². The SMILES string of the molecule is Cc1nc(NCc2cccnc2)cc(C(=O)Nc2cccc(Br)c2)n1. The number of benzene rings is 1. The number of pyridine rings is 1. The lowest BCUT2D eigenvalue weighted by molar-refractivity contribution is 0.102. The van der Waals surface area contributed by atoms with Crippen molar-refractivity contribution in [3.63, 3.8) is 0 Å². The Kier molecular flexibility index (Phi) is 5.35. The van der Waals surface area contributed by atoms with E-state index in [0.717, 1.165) is 10.0 Å². The van der Waals surface area contributed by atoms with E-state index in [2.05, 4.69) is 41.5 Å². The van der Waals surface area contributed by atoms with E-state index < -0.39 is 0 Å². The molecule has 3 aromatic rings. The van der Waals surface area contributed by atoms with Gasteiger partial charge in [-0.1, -0.05) is 28.1 Å². The Balaban J connectivity index is 1.73. The van der Waals surface area contributed by atoms with Crippen molar-refractivity contribution >= 4 is 33.3 Å². The molecular formula is C18H16BrN5O. The van der Waals surface area contributed by atoms with Crippen LogP contribution in [0.5, 0.6) is 0 Å². The van der Waals surface area contributed by atoms with E-state index in [1.165, 1.54) is 0 Å². The molecule has 126 valence electrons. The fourth-order valence-electron chi connectivity index (χ4n) is 2.23. The number of nitrogens with one attached hydrogen (secondary N) is 2. The lowest BCUT2D eigenvalue weighted by Gasteiger charge is -2.09. The van der Waals surface area contributed by atoms with Crippen molar-refractivity contribution in [2.45, 2.75) is 13.5 Å². The van der Waals surface area contributed by atoms with Crippen molar-refractivity contribution in [3.05, 3.63) is 76.4 Å². The summed E-state index contributed by atoms with van der Waals surface area (Å²) in [6.07, 6.45) is 3.50. The highest BCUT2D eigenvalue weighted by Crippen LogP contribution is 2.17. The van der Waals surface area contributed by atoms with Crippen LogP contribution in [0.2, 0.25) is 0 Å². The number of nitrogens with zero attached hydrogens (tertiary/aromatic N) is 3. The molecule has 0 atom stereocenters. The molecule has 0 saturated heterocycles. The number of anilines is 2. The van der Waals surface area contributed by atoms with Crippen molar-refractivity contribution in [1.82, 2.24) is 15.0 Å². The number of aryl methyl sites for hydroxylation is 1. The fourth-order valence-corrected chi connectivity index (χ4v) is 2.63. The molecule has 3 rings (SSSR count). The number of carbonyl (C=O) groups is 1. The molecule has 0 saturated carbocycles. The van der Waals surface area contributed by atoms with E-state index in [0.29, 0.717) is 29.6 Å². The minimum atomic E-state index is -0.284. The van der Waals surface area contributed by atoms with Crippen molar-refractivity contribution in [2.24, 2.45) is 0 Å². The van der Waals surface area contributed by atoms with E-state index in [1.807, 2.05) is 36.4 Å². The van der Waals surface area contributed by atoms with Crippen LogP contribution in [0.25, 0.3) is 0 Å². The second-order valence-corrected chi connectivity index (χ2v) is 6.28. The smallest absolute Gasteiger partial charge is 0.274 e. The second kappa shape index (κ2) is 7.85. The molecule has 6 nitrogen and oxygen atoms in total. The summed E-state index contributed by atoms with van der Waals surface area (Å²) in [4.78, 5) is 25.1. The molecule has 0 spiro atoms. The van der Waals surface area contributed by atoms with Crippen LogP contribution in [0.3, 0.4) is 0 Å². The number of rotatable bonds is 5. The van der Waals surface area contributed by atoms with Crippen LogP contribution in [0.1, 0.15) is 21.9 Å². The summed E-state index contributed by atoms with van der Waals surface area (Å²) < 4.78 is 0.892. The van der Waals surface area contributed by atoms with Gasteiger partial charge in [-0.25, -0.2) is 9.97 Å². The zero-order valence-corrected chi connectivity index (χ0v) is 15.1. The third-order valence-electron chi connectivity index (χ3n) is 3.35. The minimum Gasteiger partial charge on any atom is -0.366 e. The predicted molar refractivity (Wildman–Crippen MR) is 100 cm³/mol. The number of halogens is 1. The monoisotopic (exact) mass is 397 g/mol. The summed E-state index contributed by atoms with van der Waals surface area (Å²) in [6, 6.07) is 12.9. The molecule has 0 unspecified atom stereocenters. The first kappa shape index (κ1) is 17.0. The highest BCUT2D eigenvalue weighted by Gasteiger charge is 2.11. The van der Waals surface area contributed by atoms with Gasteiger partial charge in [0.05, 0.1) is 0 Å². The van der Waals surface area contributed by atoms with Crippen molar-refractivity contribution < 1.29 is 4.79 Å². The Morgan fingerprint density at radius 3 is 2.80 bits per heavy atom. The fraction of sp³-hybridized carbons (Fsp3) is 0.111. The van der Waals surface area contributed by atoms with Gasteiger partial charge in [-0.2, -0.15) is 0 Å². The highest BCUT2D eigenvalue weighted by molar-refractivity contribution is 9.10. The van der Waals surface area contributed by atoms with Gasteiger partial charge >= 0.3 is 0 Å². The van der Waals surface area contributed by atoms with E-state index >= 15 is 0 Å². The van der Waals surface area contributed by atoms with Gasteiger partial charge in [-0.05, 0) is 36.8 Å². The molecule has 0 aliphatic rings. The largest absolute Gasteiger partial charge is 0.366 e. The van der Waals surface area contributed by atoms with Gasteiger partial charge in [0.25, 0.3) is 5.91 Å². The maximum Gasteiger partial charge on any atom is 0.274 e. The van der Waals surface area contributed by atoms with Crippen LogP contribution in [0.15, 0.2) is 59.3 Å². The molecule has 2 aromatic heterocycles. The lowest BCUT2D eigenvalue weighted by Crippen LogP contribution is -2.15. The predicted octanol–water partition coefficient (Wildman–Crippen LogP) is 3.81. The summed E-state index contributed by atoms with van der Waals surface area (Å²) in [5, 5.41) is 6.02. The number of amides is 1. The van der Waals surface area contributed by atoms with Crippen LogP contribution >= 0.6 is 15.9 Å². The van der Waals surface area contributed by atoms with Gasteiger partial charge < -0.3 is 10.6 Å². The molecule has 0 aliphatic heterocycles. The number of carbonyl (C=O) groups excluding carboxylic acids is 1. The molecule has 0 fully saturated rings. The van der Waals surface area contributed by atoms with Gasteiger partial charge in [0, 0.05) is 35.2 Å². The van der Waals surface area contributed by atoms with Crippen LogP contribution in [-0.2, 0) is 6.54 Å². The Hall–Kier alpha value is -2.80. The van der Waals surface area contributed by atoms with Crippen LogP contribution in [-0.4, -0.2) is 20.9 Å². The van der Waals surface area contributed by atoms with Gasteiger partial charge in [-0.3, -0.25) is 9.78 Å². The number of hydrogen-bond acceptors (Lipinski definition) is 5. The molecule has 2 N–H and O–H groups in total. The van der Waals surface area contributed by atoms with Crippen molar-refractivity contribution in [1.29, 1.82) is 0 Å². The second-order valence-electron chi connectivity index (χ2n) is 5.36. The lowest BCUT2D eigenvalue weighted by atomic mass is 10.2. The quantitative estimate of drug-likeness (QED) is 0.684. The number of hydrogen-bond donors (Lipinski definition) is 2. The average Bonchev–Trinajstić information content (AvgIpc) is 2.60. The topological polar surface area (TPSA) is 79.8 Å². The molecular weight excluding hydrogens is 382 g/mol. The third kappa shape index (κ3) is 4.84. The zero-order chi connectivity index (χ0) is 17.6. The zero-order valence-electron chi connectivity index (χ0n) is 13.5. The highest BCUT2D eigenvalue weighted by atomic mass is 79.9. The molecule has 0 radical (unpaired) electrons. The van der Waals surface area contributed by atoms with Crippen LogP contribution in [0, 0.1) is 6.92 Å². The van der Waals surface area contributed by atoms with Gasteiger partial charge in [-0.15, -0.1) is 0 Å². The van der Waals surface area contributed by atoms with Crippen LogP contribution < -0.4 is 10.6 Å². The minimum absolute atomic E-state index is 0.284. The summed E-state index contributed by atoms with van der Waals surface area (Å²) in [5.74, 6) is 0.833. The summed E-state index contributed by atoms with van der Waals surface area (Å²) in [7, 11) is 0. The average molecular weight is 398 g/mol. The van der Waals surface area contributed by atoms with E-state index in [1.54, 1.807) is 25.4 Å². The standard InChI is InChI=1S/C18H16BrN5O/c1-12-22-16(18(25)24-15-6-2-5-14(19)8-15)9-17(23-12)21-11-13-4-3-7-20-10-13/h2-10H,11H2,1H3,(H,24,25)(H,21,22,23). The molecule has 1 aromatic carbocycles. The molecule has 0 bridgehead atoms. The van der Waals surface area contributed by atoms with Crippen molar-refractivity contribution in [3.8, 4) is 0 Å². The van der Waals surface area contributed by atoms with Crippen molar-refractivity contribution in [2.75, 3.05) is 10.6 Å². The maximum absolute atomic E-state index is 12.4. The number of aromatic nitrogens is 3. The van der Waals surface area contributed by atoms with Gasteiger partial charge in [0.1, 0.15) is 17.3 Å². The van der Waals surface area contributed by atoms with E-state index in [-0.39, 0.29) is 5.91 Å². The Morgan fingerprint density at radius 2 is 2.04 bits per heavy atom. The Morgan fingerprint density at radius 1 is 1.16 bits per heavy atom. The summed E-state index contributed by atoms with van der Waals surface area (Å²) in [5.41, 5.74) is 2.03. The first-order valence-corrected chi connectivity index (χ1v) is 8.45. The summed E-state index contributed by atoms with van der Waals surface area (Å²) >= 11 is 3.38. The molecule has 25 heavy (non-hydrogen) atoms. The first-order valence-electron chi connectivity index (χ1n) is 7.65. The third-order valence-corrected chi connectivity index (χ3v) is 3.84. The normalized spacial score (nSPS) is 10.3. The first-order chi connectivity index (χ1) is 12.1. The molecule has 1 amide bonds. The summed E-state index contributed by atoms with van der Waals surface area (Å²) in [6.45, 7) is 2.32. The maximum atomic E-state index is 12.4. The molecule has 0 aliphatic carbocycles. The molecule has 7 heteroatoms.